The quantitative estimate of drug-likeness (QED) is 0.530. The van der Waals surface area contributed by atoms with E-state index in [2.05, 4.69) is 20.6 Å². The minimum absolute atomic E-state index is 0.0349. The molecule has 1 heterocycles. The zero-order valence-corrected chi connectivity index (χ0v) is 14.3. The number of aromatic nitrogens is 2. The van der Waals surface area contributed by atoms with Crippen LogP contribution in [0.4, 0.5) is 35.0 Å². The summed E-state index contributed by atoms with van der Waals surface area (Å²) in [5.41, 5.74) is -1.07. The maximum atomic E-state index is 13.8. The van der Waals surface area contributed by atoms with Gasteiger partial charge in [0.2, 0.25) is 5.95 Å². The fourth-order valence-corrected chi connectivity index (χ4v) is 2.16. The molecule has 4 nitrogen and oxygen atoms in total. The van der Waals surface area contributed by atoms with Gasteiger partial charge in [-0.15, -0.1) is 0 Å². The van der Waals surface area contributed by atoms with E-state index in [4.69, 9.17) is 0 Å². The lowest BCUT2D eigenvalue weighted by Gasteiger charge is -2.14. The van der Waals surface area contributed by atoms with Crippen LogP contribution in [0.5, 0.6) is 0 Å². The van der Waals surface area contributed by atoms with Crippen LogP contribution in [-0.4, -0.2) is 16.0 Å². The van der Waals surface area contributed by atoms with Gasteiger partial charge in [0.05, 0.1) is 5.69 Å². The lowest BCUT2D eigenvalue weighted by atomic mass is 10.3. The third-order valence-corrected chi connectivity index (χ3v) is 3.30. The van der Waals surface area contributed by atoms with E-state index in [0.29, 0.717) is 3.57 Å². The fraction of sp³-hybridized carbons (Fsp3) is 0.286. The number of hydrogen-bond acceptors (Lipinski definition) is 4. The highest BCUT2D eigenvalue weighted by Gasteiger charge is 2.34. The van der Waals surface area contributed by atoms with E-state index >= 15 is 0 Å². The second kappa shape index (κ2) is 6.85. The Hall–Kier alpha value is -1.65. The number of nitrogens with zero attached hydrogens (tertiary/aromatic N) is 2. The molecule has 2 N–H and O–H groups in total. The second-order valence-electron chi connectivity index (χ2n) is 5.01. The van der Waals surface area contributed by atoms with E-state index in [1.807, 2.05) is 22.6 Å². The van der Waals surface area contributed by atoms with Crippen molar-refractivity contribution in [2.24, 2.45) is 0 Å². The SMILES string of the molecule is CC(C)Nc1nc(Nc2ccc(I)cc2F)cc(C(F)(F)F)n1. The molecule has 1 aromatic carbocycles. The predicted octanol–water partition coefficient (Wildman–Crippen LogP) is 4.80. The van der Waals surface area contributed by atoms with Crippen LogP contribution in [0.2, 0.25) is 0 Å². The first-order valence-electron chi connectivity index (χ1n) is 6.60. The molecule has 0 aliphatic rings. The molecule has 124 valence electrons. The highest BCUT2D eigenvalue weighted by Crippen LogP contribution is 2.31. The van der Waals surface area contributed by atoms with Crippen molar-refractivity contribution >= 4 is 40.0 Å². The maximum absolute atomic E-state index is 13.8. The van der Waals surface area contributed by atoms with Gasteiger partial charge in [-0.05, 0) is 54.6 Å². The molecule has 0 atom stereocenters. The second-order valence-corrected chi connectivity index (χ2v) is 6.25. The van der Waals surface area contributed by atoms with Crippen LogP contribution >= 0.6 is 22.6 Å². The predicted molar refractivity (Wildman–Crippen MR) is 88.2 cm³/mol. The third kappa shape index (κ3) is 4.91. The maximum Gasteiger partial charge on any atom is 0.433 e. The summed E-state index contributed by atoms with van der Waals surface area (Å²) in [6.45, 7) is 3.49. The molecule has 0 radical (unpaired) electrons. The van der Waals surface area contributed by atoms with Crippen LogP contribution < -0.4 is 10.6 Å². The van der Waals surface area contributed by atoms with Crippen LogP contribution in [0.25, 0.3) is 0 Å². The van der Waals surface area contributed by atoms with Crippen LogP contribution in [0, 0.1) is 9.39 Å². The van der Waals surface area contributed by atoms with Gasteiger partial charge in [-0.3, -0.25) is 0 Å². The van der Waals surface area contributed by atoms with Gasteiger partial charge in [-0.2, -0.15) is 18.2 Å². The van der Waals surface area contributed by atoms with Crippen LogP contribution in [0.15, 0.2) is 24.3 Å². The lowest BCUT2D eigenvalue weighted by Crippen LogP contribution is -2.17. The van der Waals surface area contributed by atoms with Crippen molar-refractivity contribution in [2.45, 2.75) is 26.1 Å². The molecular weight excluding hydrogens is 427 g/mol. The monoisotopic (exact) mass is 440 g/mol. The van der Waals surface area contributed by atoms with Crippen LogP contribution in [0.3, 0.4) is 0 Å². The van der Waals surface area contributed by atoms with Gasteiger partial charge < -0.3 is 10.6 Å². The number of anilines is 3. The third-order valence-electron chi connectivity index (χ3n) is 2.63. The van der Waals surface area contributed by atoms with Crippen molar-refractivity contribution in [3.05, 3.63) is 39.3 Å². The number of rotatable bonds is 4. The summed E-state index contributed by atoms with van der Waals surface area (Å²) in [5.74, 6) is -0.902. The molecule has 0 saturated heterocycles. The molecule has 2 rings (SSSR count). The van der Waals surface area contributed by atoms with E-state index in [0.717, 1.165) is 6.07 Å². The zero-order chi connectivity index (χ0) is 17.2. The first-order chi connectivity index (χ1) is 10.6. The molecule has 0 amide bonds. The molecule has 0 spiro atoms. The Morgan fingerprint density at radius 2 is 1.83 bits per heavy atom. The number of hydrogen-bond donors (Lipinski definition) is 2. The summed E-state index contributed by atoms with van der Waals surface area (Å²) in [7, 11) is 0. The topological polar surface area (TPSA) is 49.8 Å². The number of nitrogens with one attached hydrogen (secondary N) is 2. The number of alkyl halides is 3. The van der Waals surface area contributed by atoms with Gasteiger partial charge in [-0.25, -0.2) is 9.37 Å². The first-order valence-corrected chi connectivity index (χ1v) is 7.68. The number of halogens is 5. The zero-order valence-electron chi connectivity index (χ0n) is 12.2. The lowest BCUT2D eigenvalue weighted by molar-refractivity contribution is -0.141. The van der Waals surface area contributed by atoms with Crippen molar-refractivity contribution in [2.75, 3.05) is 10.6 Å². The van der Waals surface area contributed by atoms with E-state index < -0.39 is 17.7 Å². The Balaban J connectivity index is 2.40. The minimum atomic E-state index is -4.63. The molecule has 0 bridgehead atoms. The normalized spacial score (nSPS) is 11.7. The van der Waals surface area contributed by atoms with E-state index in [1.165, 1.54) is 12.1 Å². The van der Waals surface area contributed by atoms with Crippen LogP contribution in [0.1, 0.15) is 19.5 Å². The van der Waals surface area contributed by atoms with E-state index in [9.17, 15) is 17.6 Å². The van der Waals surface area contributed by atoms with E-state index in [-0.39, 0.29) is 23.5 Å². The largest absolute Gasteiger partial charge is 0.433 e. The molecule has 1 aromatic heterocycles. The average molecular weight is 440 g/mol. The van der Waals surface area contributed by atoms with Crippen molar-refractivity contribution in [3.8, 4) is 0 Å². The van der Waals surface area contributed by atoms with Crippen molar-refractivity contribution in [1.29, 1.82) is 0 Å². The molecule has 2 aromatic rings. The summed E-state index contributed by atoms with van der Waals surface area (Å²) >= 11 is 1.94. The van der Waals surface area contributed by atoms with Gasteiger partial charge >= 0.3 is 6.18 Å². The van der Waals surface area contributed by atoms with Gasteiger partial charge in [0, 0.05) is 15.7 Å². The van der Waals surface area contributed by atoms with E-state index in [1.54, 1.807) is 19.9 Å². The molecule has 0 saturated carbocycles. The molecule has 23 heavy (non-hydrogen) atoms. The van der Waals surface area contributed by atoms with Gasteiger partial charge in [0.1, 0.15) is 11.6 Å². The highest BCUT2D eigenvalue weighted by molar-refractivity contribution is 14.1. The molecule has 0 aliphatic carbocycles. The average Bonchev–Trinajstić information content (AvgIpc) is 2.40. The Kier molecular flexibility index (Phi) is 5.27. The van der Waals surface area contributed by atoms with Crippen molar-refractivity contribution in [1.82, 2.24) is 9.97 Å². The standard InChI is InChI=1S/C14H13F4IN4/c1-7(2)20-13-22-11(14(16,17)18)6-12(23-13)21-10-4-3-8(19)5-9(10)15/h3-7H,1-2H3,(H2,20,21,22,23). The Labute approximate surface area is 143 Å². The minimum Gasteiger partial charge on any atom is -0.352 e. The first kappa shape index (κ1) is 17.7. The fourth-order valence-electron chi connectivity index (χ4n) is 1.71. The van der Waals surface area contributed by atoms with Gasteiger partial charge in [0.25, 0.3) is 0 Å². The molecule has 9 heteroatoms. The summed E-state index contributed by atoms with van der Waals surface area (Å²) in [5, 5.41) is 5.27. The van der Waals surface area contributed by atoms with Gasteiger partial charge in [-0.1, -0.05) is 0 Å². The smallest absolute Gasteiger partial charge is 0.352 e. The molecule has 0 unspecified atom stereocenters. The number of benzene rings is 1. The summed E-state index contributed by atoms with van der Waals surface area (Å²) in [4.78, 5) is 7.38. The molecule has 0 fully saturated rings. The molecule has 0 aliphatic heterocycles. The van der Waals surface area contributed by atoms with Crippen molar-refractivity contribution < 1.29 is 17.6 Å². The van der Waals surface area contributed by atoms with Crippen LogP contribution in [-0.2, 0) is 6.18 Å². The van der Waals surface area contributed by atoms with Gasteiger partial charge in [0.15, 0.2) is 5.69 Å². The summed E-state index contributed by atoms with van der Waals surface area (Å²) < 4.78 is 53.3. The summed E-state index contributed by atoms with van der Waals surface area (Å²) in [6, 6.07) is 4.92. The van der Waals surface area contributed by atoms with Crippen molar-refractivity contribution in [3.63, 3.8) is 0 Å². The Bertz CT molecular complexity index is 704. The Morgan fingerprint density at radius 3 is 2.39 bits per heavy atom. The summed E-state index contributed by atoms with van der Waals surface area (Å²) in [6.07, 6.45) is -4.63. The highest BCUT2D eigenvalue weighted by atomic mass is 127. The molecular formula is C14H13F4IN4. The Morgan fingerprint density at radius 1 is 1.13 bits per heavy atom.